The summed E-state index contributed by atoms with van der Waals surface area (Å²) in [5.41, 5.74) is 5.94. The number of benzene rings is 3. The van der Waals surface area contributed by atoms with Crippen LogP contribution in [-0.2, 0) is 22.4 Å². The first-order chi connectivity index (χ1) is 21.3. The summed E-state index contributed by atoms with van der Waals surface area (Å²) in [7, 11) is 0. The maximum Gasteiger partial charge on any atom is 0.309 e. The molecule has 0 radical (unpaired) electrons. The van der Waals surface area contributed by atoms with Gasteiger partial charge in [-0.25, -0.2) is 0 Å². The average molecular weight is 601 g/mol. The summed E-state index contributed by atoms with van der Waals surface area (Å²) in [6, 6.07) is 17.1. The van der Waals surface area contributed by atoms with Crippen molar-refractivity contribution in [1.82, 2.24) is 4.90 Å². The first-order valence-electron chi connectivity index (χ1n) is 15.8. The summed E-state index contributed by atoms with van der Waals surface area (Å²) in [6.45, 7) is 10.4. The van der Waals surface area contributed by atoms with Gasteiger partial charge in [0.05, 0.1) is 19.1 Å². The van der Waals surface area contributed by atoms with Gasteiger partial charge >= 0.3 is 5.97 Å². The van der Waals surface area contributed by atoms with Crippen molar-refractivity contribution in [2.24, 2.45) is 5.92 Å². The highest BCUT2D eigenvalue weighted by Crippen LogP contribution is 2.47. The van der Waals surface area contributed by atoms with E-state index in [-0.39, 0.29) is 18.4 Å². The molecular formula is C36H44N2O6. The maximum atomic E-state index is 13.7. The largest absolute Gasteiger partial charge is 0.494 e. The molecule has 44 heavy (non-hydrogen) atoms. The number of aryl methyl sites for hydroxylation is 3. The maximum absolute atomic E-state index is 13.7. The molecule has 8 heteroatoms. The van der Waals surface area contributed by atoms with Crippen molar-refractivity contribution >= 4 is 17.6 Å². The normalized spacial score (nSPS) is 19.5. The Hall–Kier alpha value is -4.04. The van der Waals surface area contributed by atoms with Crippen LogP contribution in [-0.4, -0.2) is 54.8 Å². The lowest BCUT2D eigenvalue weighted by Gasteiger charge is -2.27. The molecule has 2 N–H and O–H groups in total. The van der Waals surface area contributed by atoms with E-state index in [1.54, 1.807) is 0 Å². The van der Waals surface area contributed by atoms with Gasteiger partial charge in [-0.1, -0.05) is 63.1 Å². The Balaban J connectivity index is 1.47. The molecule has 0 saturated carbocycles. The van der Waals surface area contributed by atoms with E-state index in [2.05, 4.69) is 45.1 Å². The number of nitrogens with zero attached hydrogens (tertiary/aromatic N) is 1. The number of likely N-dealkylation sites (tertiary alicyclic amines) is 1. The van der Waals surface area contributed by atoms with Gasteiger partial charge in [-0.05, 0) is 72.7 Å². The van der Waals surface area contributed by atoms with Crippen LogP contribution in [0.25, 0.3) is 0 Å². The number of aliphatic carboxylic acids is 1. The molecule has 1 amide bonds. The first-order valence-corrected chi connectivity index (χ1v) is 15.8. The van der Waals surface area contributed by atoms with E-state index in [4.69, 9.17) is 14.2 Å². The molecule has 0 bridgehead atoms. The van der Waals surface area contributed by atoms with Gasteiger partial charge in [0.2, 0.25) is 5.91 Å². The number of carboxylic acids is 1. The summed E-state index contributed by atoms with van der Waals surface area (Å²) in [5, 5.41) is 13.9. The molecular weight excluding hydrogens is 556 g/mol. The van der Waals surface area contributed by atoms with Gasteiger partial charge in [-0.3, -0.25) is 14.5 Å². The first kappa shape index (κ1) is 31.4. The third-order valence-electron chi connectivity index (χ3n) is 8.68. The van der Waals surface area contributed by atoms with Gasteiger partial charge < -0.3 is 24.6 Å². The molecule has 8 nitrogen and oxygen atoms in total. The third kappa shape index (κ3) is 6.86. The van der Waals surface area contributed by atoms with Gasteiger partial charge in [0.25, 0.3) is 0 Å². The molecule has 0 aliphatic carbocycles. The predicted octanol–water partition coefficient (Wildman–Crippen LogP) is 6.55. The number of fused-ring (bicyclic) bond motifs is 1. The highest BCUT2D eigenvalue weighted by Gasteiger charge is 2.48. The lowest BCUT2D eigenvalue weighted by Crippen LogP contribution is -2.35. The van der Waals surface area contributed by atoms with Gasteiger partial charge in [0.15, 0.2) is 11.5 Å². The van der Waals surface area contributed by atoms with Crippen molar-refractivity contribution in [2.75, 3.05) is 38.2 Å². The summed E-state index contributed by atoms with van der Waals surface area (Å²) in [5.74, 6) is -0.174. The van der Waals surface area contributed by atoms with Crippen LogP contribution in [0.3, 0.4) is 0 Å². The van der Waals surface area contributed by atoms with Gasteiger partial charge in [-0.15, -0.1) is 0 Å². The van der Waals surface area contributed by atoms with Crippen LogP contribution >= 0.6 is 0 Å². The summed E-state index contributed by atoms with van der Waals surface area (Å²) >= 11 is 0. The number of hydrogen-bond donors (Lipinski definition) is 2. The quantitative estimate of drug-likeness (QED) is 0.228. The van der Waals surface area contributed by atoms with E-state index in [0.29, 0.717) is 37.9 Å². The molecule has 1 saturated heterocycles. The van der Waals surface area contributed by atoms with Crippen molar-refractivity contribution in [3.8, 4) is 17.2 Å². The number of anilines is 1. The molecule has 3 atom stereocenters. The van der Waals surface area contributed by atoms with Crippen LogP contribution in [0, 0.1) is 12.8 Å². The molecule has 3 aromatic rings. The molecule has 5 rings (SSSR count). The number of hydrogen-bond acceptors (Lipinski definition) is 6. The topological polar surface area (TPSA) is 97.3 Å². The summed E-state index contributed by atoms with van der Waals surface area (Å²) in [4.78, 5) is 28.7. The standard InChI is InChI=1S/C36H44N2O6/c1-5-8-15-42-28-12-9-26(10-13-28)35-33(36(40)41)29(27-11-14-30-31(20-27)44-17-16-43-30)21-38(35)22-32(39)37-34-24(6-2)18-23(4)19-25(34)7-3/h9-14,18-20,29,33,35H,5-8,15-17,21-22H2,1-4H3,(H,37,39)(H,40,41)/t29-,33?,35+/m1/s1. The zero-order valence-corrected chi connectivity index (χ0v) is 26.2. The molecule has 2 heterocycles. The van der Waals surface area contributed by atoms with Crippen LogP contribution in [0.2, 0.25) is 0 Å². The Bertz CT molecular complexity index is 1440. The Morgan fingerprint density at radius 2 is 1.59 bits per heavy atom. The lowest BCUT2D eigenvalue weighted by molar-refractivity contribution is -0.143. The minimum absolute atomic E-state index is 0.0600. The lowest BCUT2D eigenvalue weighted by atomic mass is 9.82. The third-order valence-corrected chi connectivity index (χ3v) is 8.68. The van der Waals surface area contributed by atoms with Gasteiger partial charge in [0.1, 0.15) is 19.0 Å². The van der Waals surface area contributed by atoms with E-state index < -0.39 is 17.9 Å². The molecule has 2 aliphatic rings. The minimum Gasteiger partial charge on any atom is -0.494 e. The van der Waals surface area contributed by atoms with Crippen molar-refractivity contribution in [3.63, 3.8) is 0 Å². The Morgan fingerprint density at radius 1 is 0.932 bits per heavy atom. The van der Waals surface area contributed by atoms with Crippen LogP contribution in [0.5, 0.6) is 17.2 Å². The second kappa shape index (κ2) is 14.2. The van der Waals surface area contributed by atoms with Crippen molar-refractivity contribution in [2.45, 2.75) is 65.3 Å². The molecule has 234 valence electrons. The number of carboxylic acid groups (broad SMARTS) is 1. The van der Waals surface area contributed by atoms with Gasteiger partial charge in [0, 0.05) is 24.2 Å². The van der Waals surface area contributed by atoms with E-state index in [9.17, 15) is 14.7 Å². The molecule has 2 aliphatic heterocycles. The smallest absolute Gasteiger partial charge is 0.309 e. The van der Waals surface area contributed by atoms with Crippen LogP contribution in [0.1, 0.15) is 73.4 Å². The minimum atomic E-state index is -0.902. The second-order valence-electron chi connectivity index (χ2n) is 11.7. The molecule has 1 unspecified atom stereocenters. The number of ether oxygens (including phenoxy) is 3. The molecule has 3 aromatic carbocycles. The second-order valence-corrected chi connectivity index (χ2v) is 11.7. The monoisotopic (exact) mass is 600 g/mol. The van der Waals surface area contributed by atoms with E-state index >= 15 is 0 Å². The van der Waals surface area contributed by atoms with Crippen LogP contribution in [0.4, 0.5) is 5.69 Å². The number of carbonyl (C=O) groups excluding carboxylic acids is 1. The highest BCUT2D eigenvalue weighted by atomic mass is 16.6. The fraction of sp³-hybridized carbons (Fsp3) is 0.444. The molecule has 0 spiro atoms. The number of unbranched alkanes of at least 4 members (excludes halogenated alkanes) is 1. The van der Waals surface area contributed by atoms with Crippen molar-refractivity contribution in [3.05, 3.63) is 82.4 Å². The Morgan fingerprint density at radius 3 is 2.23 bits per heavy atom. The van der Waals surface area contributed by atoms with E-state index in [0.717, 1.165) is 59.4 Å². The van der Waals surface area contributed by atoms with E-state index in [1.807, 2.05) is 47.4 Å². The zero-order valence-electron chi connectivity index (χ0n) is 26.2. The fourth-order valence-corrected chi connectivity index (χ4v) is 6.54. The zero-order chi connectivity index (χ0) is 31.2. The van der Waals surface area contributed by atoms with Crippen molar-refractivity contribution < 1.29 is 28.9 Å². The SMILES string of the molecule is CCCCOc1ccc([C@H]2C(C(=O)O)[C@@H](c3ccc4c(c3)OCCO4)CN2CC(=O)Nc2c(CC)cc(C)cc2CC)cc1. The average Bonchev–Trinajstić information content (AvgIpc) is 3.41. The van der Waals surface area contributed by atoms with Crippen molar-refractivity contribution in [1.29, 1.82) is 0 Å². The molecule has 1 fully saturated rings. The number of amides is 1. The number of nitrogens with one attached hydrogen (secondary N) is 1. The Labute approximate surface area is 260 Å². The fourth-order valence-electron chi connectivity index (χ4n) is 6.54. The van der Waals surface area contributed by atoms with Crippen LogP contribution < -0.4 is 19.5 Å². The number of rotatable bonds is 12. The predicted molar refractivity (Wildman–Crippen MR) is 171 cm³/mol. The Kier molecular flexibility index (Phi) is 10.1. The summed E-state index contributed by atoms with van der Waals surface area (Å²) < 4.78 is 17.4. The van der Waals surface area contributed by atoms with Crippen LogP contribution in [0.15, 0.2) is 54.6 Å². The number of carbonyl (C=O) groups is 2. The summed E-state index contributed by atoms with van der Waals surface area (Å²) in [6.07, 6.45) is 3.61. The highest BCUT2D eigenvalue weighted by molar-refractivity contribution is 5.94. The van der Waals surface area contributed by atoms with Gasteiger partial charge in [-0.2, -0.15) is 0 Å². The van der Waals surface area contributed by atoms with E-state index in [1.165, 1.54) is 5.56 Å². The molecule has 0 aromatic heterocycles.